The van der Waals surface area contributed by atoms with Gasteiger partial charge in [-0.05, 0) is 79.4 Å². The molecule has 13 heteroatoms. The first-order valence-electron chi connectivity index (χ1n) is 21.3. The molecule has 1 spiro atoms. The van der Waals surface area contributed by atoms with Crippen molar-refractivity contribution >= 4 is 42.9 Å². The summed E-state index contributed by atoms with van der Waals surface area (Å²) >= 11 is 0. The summed E-state index contributed by atoms with van der Waals surface area (Å²) in [4.78, 5) is 43.7. The number of carbonyl (C=O) groups is 3. The van der Waals surface area contributed by atoms with Crippen molar-refractivity contribution in [2.45, 2.75) is 206 Å². The molecule has 0 amide bonds. The second-order valence-corrected chi connectivity index (χ2v) is 32.0. The van der Waals surface area contributed by atoms with Crippen LogP contribution >= 0.6 is 0 Å². The van der Waals surface area contributed by atoms with Crippen LogP contribution in [0.25, 0.3) is 0 Å². The lowest BCUT2D eigenvalue weighted by Gasteiger charge is -2.67. The van der Waals surface area contributed by atoms with Crippen LogP contribution in [0.1, 0.15) is 110 Å². The van der Waals surface area contributed by atoms with E-state index in [9.17, 15) is 9.59 Å². The maximum absolute atomic E-state index is 16.5. The van der Waals surface area contributed by atoms with Gasteiger partial charge < -0.3 is 32.2 Å². The van der Waals surface area contributed by atoms with Gasteiger partial charge in [-0.1, -0.05) is 76.2 Å². The van der Waals surface area contributed by atoms with Crippen molar-refractivity contribution < 1.29 is 46.6 Å². The van der Waals surface area contributed by atoms with E-state index in [4.69, 9.17) is 32.2 Å². The molecule has 10 nitrogen and oxygen atoms in total. The fraction of sp³-hybridized carbons (Fsp3) is 0.878. The number of rotatable bonds is 16. The fourth-order valence-corrected chi connectivity index (χ4v) is 20.1. The summed E-state index contributed by atoms with van der Waals surface area (Å²) in [7, 11) is -7.05. The molecule has 0 aromatic heterocycles. The summed E-state index contributed by atoms with van der Waals surface area (Å²) in [5.41, 5.74) is -2.89. The molecule has 0 N–H and O–H groups in total. The molecule has 5 rings (SSSR count). The molecule has 4 fully saturated rings. The number of hydrogen-bond acceptors (Lipinski definition) is 10. The molecule has 5 aliphatic rings. The van der Waals surface area contributed by atoms with Crippen molar-refractivity contribution in [2.75, 3.05) is 6.61 Å². The molecule has 9 atom stereocenters. The van der Waals surface area contributed by atoms with E-state index in [0.29, 0.717) is 12.8 Å². The molecule has 0 radical (unpaired) electrons. The molecule has 54 heavy (non-hydrogen) atoms. The Kier molecular flexibility index (Phi) is 12.5. The summed E-state index contributed by atoms with van der Waals surface area (Å²) < 4.78 is 48.4. The Bertz CT molecular complexity index is 1450. The summed E-state index contributed by atoms with van der Waals surface area (Å²) in [5.74, 6) is -1.39. The van der Waals surface area contributed by atoms with Gasteiger partial charge in [-0.2, -0.15) is 0 Å². The predicted octanol–water partition coefficient (Wildman–Crippen LogP) is 9.49. The van der Waals surface area contributed by atoms with Crippen LogP contribution in [0, 0.1) is 16.7 Å². The second-order valence-electron chi connectivity index (χ2n) is 17.9. The number of fused-ring (bicyclic) bond motifs is 5. The zero-order valence-corrected chi connectivity index (χ0v) is 39.0. The van der Waals surface area contributed by atoms with Crippen LogP contribution in [0.2, 0.25) is 54.4 Å². The van der Waals surface area contributed by atoms with Gasteiger partial charge in [-0.15, -0.1) is 0 Å². The minimum absolute atomic E-state index is 0.0856. The lowest BCUT2D eigenvalue weighted by molar-refractivity contribution is -0.335. The average molecular weight is 809 g/mol. The molecule has 0 aromatic rings. The van der Waals surface area contributed by atoms with Gasteiger partial charge in [0.05, 0.1) is 30.1 Å². The van der Waals surface area contributed by atoms with Crippen LogP contribution in [0.4, 0.5) is 4.79 Å². The number of Topliss-reactive ketones (excluding diaryl/α,β-unsaturated/α-hetero) is 1. The van der Waals surface area contributed by atoms with E-state index in [1.54, 1.807) is 0 Å². The maximum atomic E-state index is 16.5. The molecule has 2 saturated carbocycles. The second kappa shape index (κ2) is 15.4. The van der Waals surface area contributed by atoms with Crippen molar-refractivity contribution in [3.8, 4) is 0 Å². The standard InChI is InChI=1S/C41H72O10Si3/c1-15-52(16-2,17-3)49-29-25-41-36(46-37(44)48-41)34-39(14,35(43)33(32(27(29)10)38(41,12)13)51-54(21-7,22-8)23-9)30(50-53(18-4,19-5)20-6)24-31-40(34,26-45-31)47-28(11)42/h29-31,33-34,36H,15-26H2,1-14H3/t29-,30-,31+,33+,34-,36-,39+,40-,41+/m0/s1. The smallest absolute Gasteiger partial charge is 0.454 e. The highest BCUT2D eigenvalue weighted by Crippen LogP contribution is 2.67. The molecule has 3 aliphatic carbocycles. The van der Waals surface area contributed by atoms with Gasteiger partial charge in [0.15, 0.2) is 48.0 Å². The Morgan fingerprint density at radius 3 is 1.74 bits per heavy atom. The van der Waals surface area contributed by atoms with E-state index in [-0.39, 0.29) is 12.4 Å². The first-order valence-corrected chi connectivity index (χ1v) is 28.9. The fourth-order valence-electron chi connectivity index (χ4n) is 11.6. The summed E-state index contributed by atoms with van der Waals surface area (Å²) in [6, 6.07) is 8.06. The number of esters is 1. The van der Waals surface area contributed by atoms with E-state index >= 15 is 4.79 Å². The topological polar surface area (TPSA) is 116 Å². The van der Waals surface area contributed by atoms with Gasteiger partial charge in [0.25, 0.3) is 0 Å². The SMILES string of the molecule is CC[Si](CC)(CC)O[C@H]1C(=O)[C@]2(C)[C@@H](O[Si](CC)(CC)CC)C[C@H]3OC[C@@]3(OC(C)=O)[C@H]2[C@@H]2OC(=O)O[C@]23C[C@H](O[Si](CC)(CC)CC)C(C)=C1C3(C)C. The molecule has 2 aliphatic heterocycles. The highest BCUT2D eigenvalue weighted by atomic mass is 28.4. The molecule has 2 heterocycles. The molecular weight excluding hydrogens is 737 g/mol. The van der Waals surface area contributed by atoms with Crippen LogP contribution in [0.3, 0.4) is 0 Å². The monoisotopic (exact) mass is 808 g/mol. The Hall–Kier alpha value is -1.36. The average Bonchev–Trinajstić information content (AvgIpc) is 3.48. The molecule has 0 aromatic carbocycles. The molecule has 2 saturated heterocycles. The number of ether oxygens (including phenoxy) is 4. The van der Waals surface area contributed by atoms with Gasteiger partial charge in [0.2, 0.25) is 0 Å². The van der Waals surface area contributed by atoms with Gasteiger partial charge in [0.1, 0.15) is 12.2 Å². The number of carbonyl (C=O) groups excluding carboxylic acids is 3. The molecule has 0 unspecified atom stereocenters. The normalized spacial score (nSPS) is 36.2. The highest BCUT2D eigenvalue weighted by molar-refractivity contribution is 6.74. The van der Waals surface area contributed by atoms with Crippen molar-refractivity contribution in [3.63, 3.8) is 0 Å². The largest absolute Gasteiger partial charge is 0.509 e. The summed E-state index contributed by atoms with van der Waals surface area (Å²) in [6.45, 7) is 29.6. The van der Waals surface area contributed by atoms with Gasteiger partial charge in [-0.3, -0.25) is 9.59 Å². The number of ketones is 1. The Balaban J connectivity index is 1.91. The van der Waals surface area contributed by atoms with E-state index in [2.05, 4.69) is 83.1 Å². The van der Waals surface area contributed by atoms with Crippen LogP contribution in [0.5, 0.6) is 0 Å². The van der Waals surface area contributed by atoms with Crippen molar-refractivity contribution in [3.05, 3.63) is 11.1 Å². The summed E-state index contributed by atoms with van der Waals surface area (Å²) in [6.07, 6.45) is -3.50. The van der Waals surface area contributed by atoms with Crippen molar-refractivity contribution in [1.29, 1.82) is 0 Å². The lowest BCUT2D eigenvalue weighted by atomic mass is 9.45. The third kappa shape index (κ3) is 6.31. The third-order valence-electron chi connectivity index (χ3n) is 16.0. The van der Waals surface area contributed by atoms with Crippen LogP contribution in [-0.4, -0.2) is 91.2 Å². The first-order chi connectivity index (χ1) is 25.3. The molecular formula is C41H72O10Si3. The Morgan fingerprint density at radius 1 is 0.778 bits per heavy atom. The third-order valence-corrected chi connectivity index (χ3v) is 29.9. The van der Waals surface area contributed by atoms with E-state index in [1.807, 2.05) is 6.92 Å². The lowest BCUT2D eigenvalue weighted by Crippen LogP contribution is -2.81. The van der Waals surface area contributed by atoms with Gasteiger partial charge in [-0.25, -0.2) is 4.79 Å². The zero-order chi connectivity index (χ0) is 40.3. The Labute approximate surface area is 328 Å². The minimum atomic E-state index is -2.48. The van der Waals surface area contributed by atoms with E-state index in [1.165, 1.54) is 6.92 Å². The van der Waals surface area contributed by atoms with E-state index < -0.39 is 95.5 Å². The minimum Gasteiger partial charge on any atom is -0.454 e. The van der Waals surface area contributed by atoms with Crippen LogP contribution in [0.15, 0.2) is 11.1 Å². The van der Waals surface area contributed by atoms with Crippen LogP contribution in [-0.2, 0) is 41.8 Å². The summed E-state index contributed by atoms with van der Waals surface area (Å²) in [5, 5.41) is 0. The van der Waals surface area contributed by atoms with Crippen molar-refractivity contribution in [2.24, 2.45) is 16.7 Å². The number of hydrogen-bond donors (Lipinski definition) is 0. The molecule has 308 valence electrons. The zero-order valence-electron chi connectivity index (χ0n) is 36.0. The predicted molar refractivity (Wildman–Crippen MR) is 217 cm³/mol. The van der Waals surface area contributed by atoms with Gasteiger partial charge >= 0.3 is 12.1 Å². The van der Waals surface area contributed by atoms with Crippen LogP contribution < -0.4 is 0 Å². The highest BCUT2D eigenvalue weighted by Gasteiger charge is 2.81. The van der Waals surface area contributed by atoms with Gasteiger partial charge in [0, 0.05) is 25.2 Å². The first kappa shape index (κ1) is 43.8. The van der Waals surface area contributed by atoms with E-state index in [0.717, 1.165) is 65.5 Å². The van der Waals surface area contributed by atoms with Crippen molar-refractivity contribution in [1.82, 2.24) is 0 Å². The maximum Gasteiger partial charge on any atom is 0.509 e. The quantitative estimate of drug-likeness (QED) is 0.0849. The Morgan fingerprint density at radius 2 is 1.28 bits per heavy atom. The molecule has 2 bridgehead atoms.